The van der Waals surface area contributed by atoms with Crippen LogP contribution in [0.5, 0.6) is 5.75 Å². The molecule has 0 heterocycles. The Morgan fingerprint density at radius 2 is 2.11 bits per heavy atom. The third-order valence-electron chi connectivity index (χ3n) is 2.61. The molecule has 1 atom stereocenters. The van der Waals surface area contributed by atoms with Crippen LogP contribution >= 0.6 is 0 Å². The maximum absolute atomic E-state index is 11.5. The van der Waals surface area contributed by atoms with Crippen LogP contribution in [0.2, 0.25) is 0 Å². The Morgan fingerprint density at radius 3 is 2.61 bits per heavy atom. The molecule has 0 aliphatic carbocycles. The number of hydrogen-bond donors (Lipinski definition) is 2. The Labute approximate surface area is 106 Å². The van der Waals surface area contributed by atoms with Crippen LogP contribution in [-0.2, 0) is 20.7 Å². The second-order valence-electron chi connectivity index (χ2n) is 4.09. The van der Waals surface area contributed by atoms with Gasteiger partial charge in [-0.15, -0.1) is 0 Å². The SMILES string of the molecule is COC(=O)[C@H](Cc1ccc(O)cc1C)NC(C)=O. The summed E-state index contributed by atoms with van der Waals surface area (Å²) in [4.78, 5) is 22.6. The Balaban J connectivity index is 2.88. The summed E-state index contributed by atoms with van der Waals surface area (Å²) in [7, 11) is 1.28. The molecule has 1 rings (SSSR count). The van der Waals surface area contributed by atoms with Crippen LogP contribution in [0.1, 0.15) is 18.1 Å². The molecule has 0 saturated heterocycles. The van der Waals surface area contributed by atoms with Crippen molar-refractivity contribution in [2.24, 2.45) is 0 Å². The predicted octanol–water partition coefficient (Wildman–Crippen LogP) is 0.921. The van der Waals surface area contributed by atoms with Gasteiger partial charge in [-0.05, 0) is 30.2 Å². The van der Waals surface area contributed by atoms with Crippen molar-refractivity contribution in [3.05, 3.63) is 29.3 Å². The molecule has 0 fully saturated rings. The number of aromatic hydroxyl groups is 1. The van der Waals surface area contributed by atoms with Gasteiger partial charge in [0.1, 0.15) is 11.8 Å². The van der Waals surface area contributed by atoms with Gasteiger partial charge in [0, 0.05) is 13.3 Å². The first-order valence-electron chi connectivity index (χ1n) is 5.57. The van der Waals surface area contributed by atoms with Crippen molar-refractivity contribution >= 4 is 11.9 Å². The maximum Gasteiger partial charge on any atom is 0.328 e. The van der Waals surface area contributed by atoms with Gasteiger partial charge in [-0.2, -0.15) is 0 Å². The Kier molecular flexibility index (Phi) is 4.71. The van der Waals surface area contributed by atoms with Gasteiger partial charge in [-0.25, -0.2) is 4.79 Å². The second kappa shape index (κ2) is 6.05. The van der Waals surface area contributed by atoms with E-state index in [2.05, 4.69) is 10.1 Å². The van der Waals surface area contributed by atoms with Crippen LogP contribution in [0.3, 0.4) is 0 Å². The highest BCUT2D eigenvalue weighted by atomic mass is 16.5. The highest BCUT2D eigenvalue weighted by Gasteiger charge is 2.21. The molecule has 18 heavy (non-hydrogen) atoms. The van der Waals surface area contributed by atoms with E-state index in [4.69, 9.17) is 0 Å². The number of ether oxygens (including phenoxy) is 1. The first kappa shape index (κ1) is 14.0. The Morgan fingerprint density at radius 1 is 1.44 bits per heavy atom. The van der Waals surface area contributed by atoms with Crippen molar-refractivity contribution in [3.8, 4) is 5.75 Å². The molecule has 1 aromatic carbocycles. The van der Waals surface area contributed by atoms with E-state index in [9.17, 15) is 14.7 Å². The van der Waals surface area contributed by atoms with Gasteiger partial charge in [0.05, 0.1) is 7.11 Å². The third kappa shape index (κ3) is 3.76. The molecular weight excluding hydrogens is 234 g/mol. The molecule has 0 unspecified atom stereocenters. The fourth-order valence-corrected chi connectivity index (χ4v) is 1.71. The number of phenolic OH excluding ortho intramolecular Hbond substituents is 1. The van der Waals surface area contributed by atoms with E-state index >= 15 is 0 Å². The second-order valence-corrected chi connectivity index (χ2v) is 4.09. The van der Waals surface area contributed by atoms with Gasteiger partial charge in [0.25, 0.3) is 0 Å². The highest BCUT2D eigenvalue weighted by Crippen LogP contribution is 2.17. The van der Waals surface area contributed by atoms with Crippen molar-refractivity contribution in [2.75, 3.05) is 7.11 Å². The average Bonchev–Trinajstić information content (AvgIpc) is 2.30. The van der Waals surface area contributed by atoms with Crippen LogP contribution in [-0.4, -0.2) is 30.1 Å². The van der Waals surface area contributed by atoms with E-state index in [1.54, 1.807) is 18.2 Å². The molecule has 5 heteroatoms. The summed E-state index contributed by atoms with van der Waals surface area (Å²) in [6.45, 7) is 3.18. The summed E-state index contributed by atoms with van der Waals surface area (Å²) in [5.41, 5.74) is 1.73. The van der Waals surface area contributed by atoms with Crippen LogP contribution in [0.4, 0.5) is 0 Å². The van der Waals surface area contributed by atoms with Gasteiger partial charge in [-0.1, -0.05) is 6.07 Å². The van der Waals surface area contributed by atoms with Crippen molar-refractivity contribution in [1.82, 2.24) is 5.32 Å². The zero-order chi connectivity index (χ0) is 13.7. The number of methoxy groups -OCH3 is 1. The quantitative estimate of drug-likeness (QED) is 0.780. The van der Waals surface area contributed by atoms with E-state index in [1.807, 2.05) is 6.92 Å². The number of benzene rings is 1. The number of rotatable bonds is 4. The standard InChI is InChI=1S/C13H17NO4/c1-8-6-11(16)5-4-10(8)7-12(13(17)18-3)14-9(2)15/h4-6,12,16H,7H2,1-3H3,(H,14,15)/t12-/m0/s1. The largest absolute Gasteiger partial charge is 0.508 e. The predicted molar refractivity (Wildman–Crippen MR) is 66.2 cm³/mol. The van der Waals surface area contributed by atoms with E-state index in [0.29, 0.717) is 6.42 Å². The minimum absolute atomic E-state index is 0.172. The zero-order valence-corrected chi connectivity index (χ0v) is 10.7. The number of hydrogen-bond acceptors (Lipinski definition) is 4. The summed E-state index contributed by atoms with van der Waals surface area (Å²) in [6.07, 6.45) is 0.332. The summed E-state index contributed by atoms with van der Waals surface area (Å²) in [5, 5.41) is 11.9. The first-order valence-corrected chi connectivity index (χ1v) is 5.57. The van der Waals surface area contributed by atoms with E-state index in [-0.39, 0.29) is 11.7 Å². The number of nitrogens with one attached hydrogen (secondary N) is 1. The normalized spacial score (nSPS) is 11.7. The lowest BCUT2D eigenvalue weighted by Gasteiger charge is -2.16. The first-order chi connectivity index (χ1) is 8.43. The van der Waals surface area contributed by atoms with Crippen LogP contribution in [0.15, 0.2) is 18.2 Å². The van der Waals surface area contributed by atoms with Gasteiger partial charge >= 0.3 is 5.97 Å². The summed E-state index contributed by atoms with van der Waals surface area (Å²) in [5.74, 6) is -0.607. The molecule has 98 valence electrons. The average molecular weight is 251 g/mol. The number of amides is 1. The lowest BCUT2D eigenvalue weighted by atomic mass is 10.0. The molecular formula is C13H17NO4. The lowest BCUT2D eigenvalue weighted by molar-refractivity contribution is -0.144. The van der Waals surface area contributed by atoms with Crippen LogP contribution in [0, 0.1) is 6.92 Å². The van der Waals surface area contributed by atoms with Gasteiger partial charge in [0.15, 0.2) is 0 Å². The minimum Gasteiger partial charge on any atom is -0.508 e. The molecule has 0 aromatic heterocycles. The smallest absolute Gasteiger partial charge is 0.328 e. The molecule has 1 aromatic rings. The number of aryl methyl sites for hydroxylation is 1. The molecule has 0 aliphatic rings. The van der Waals surface area contributed by atoms with E-state index in [0.717, 1.165) is 11.1 Å². The molecule has 0 saturated carbocycles. The Hall–Kier alpha value is -2.04. The third-order valence-corrected chi connectivity index (χ3v) is 2.61. The molecule has 1 amide bonds. The minimum atomic E-state index is -0.712. The van der Waals surface area contributed by atoms with Gasteiger partial charge < -0.3 is 15.2 Å². The molecule has 0 spiro atoms. The number of carbonyl (C=O) groups excluding carboxylic acids is 2. The fourth-order valence-electron chi connectivity index (χ4n) is 1.71. The lowest BCUT2D eigenvalue weighted by Crippen LogP contribution is -2.42. The molecule has 5 nitrogen and oxygen atoms in total. The molecule has 2 N–H and O–H groups in total. The maximum atomic E-state index is 11.5. The van der Waals surface area contributed by atoms with E-state index < -0.39 is 12.0 Å². The monoisotopic (exact) mass is 251 g/mol. The summed E-state index contributed by atoms with van der Waals surface area (Å²) < 4.78 is 4.65. The Bertz CT molecular complexity index is 456. The summed E-state index contributed by atoms with van der Waals surface area (Å²) in [6, 6.07) is 4.17. The van der Waals surface area contributed by atoms with Gasteiger partial charge in [-0.3, -0.25) is 4.79 Å². The van der Waals surface area contributed by atoms with Gasteiger partial charge in [0.2, 0.25) is 5.91 Å². The number of carbonyl (C=O) groups is 2. The summed E-state index contributed by atoms with van der Waals surface area (Å²) >= 11 is 0. The van der Waals surface area contributed by atoms with E-state index in [1.165, 1.54) is 14.0 Å². The number of phenols is 1. The van der Waals surface area contributed by atoms with Crippen molar-refractivity contribution < 1.29 is 19.4 Å². The van der Waals surface area contributed by atoms with Crippen molar-refractivity contribution in [2.45, 2.75) is 26.3 Å². The highest BCUT2D eigenvalue weighted by molar-refractivity contribution is 5.83. The number of esters is 1. The fraction of sp³-hybridized carbons (Fsp3) is 0.385. The van der Waals surface area contributed by atoms with Crippen molar-refractivity contribution in [3.63, 3.8) is 0 Å². The molecule has 0 bridgehead atoms. The zero-order valence-electron chi connectivity index (χ0n) is 10.7. The van der Waals surface area contributed by atoms with Crippen LogP contribution in [0.25, 0.3) is 0 Å². The van der Waals surface area contributed by atoms with Crippen LogP contribution < -0.4 is 5.32 Å². The topological polar surface area (TPSA) is 75.6 Å². The molecule has 0 radical (unpaired) electrons. The van der Waals surface area contributed by atoms with Crippen molar-refractivity contribution in [1.29, 1.82) is 0 Å². The molecule has 0 aliphatic heterocycles.